The molecule has 0 rings (SSSR count). The summed E-state index contributed by atoms with van der Waals surface area (Å²) in [6.07, 6.45) is 56.3. The Kier molecular flexibility index (Phi) is 92.4. The molecule has 0 N–H and O–H groups in total. The maximum absolute atomic E-state index is 11.6. The van der Waals surface area contributed by atoms with E-state index in [9.17, 15) is 56.8 Å². The van der Waals surface area contributed by atoms with Crippen molar-refractivity contribution in [1.82, 2.24) is 0 Å². The summed E-state index contributed by atoms with van der Waals surface area (Å²) in [5, 5.41) is 0. The monoisotopic (exact) mass is 1500 g/mol. The van der Waals surface area contributed by atoms with Gasteiger partial charge in [-0.2, -0.15) is 0 Å². The molecular weight excluding hydrogens is 1340 g/mol. The molecule has 0 aliphatic carbocycles. The van der Waals surface area contributed by atoms with Crippen molar-refractivity contribution < 1.29 is 77.8 Å². The summed E-state index contributed by atoms with van der Waals surface area (Å²) in [6, 6.07) is 0. The van der Waals surface area contributed by atoms with Crippen LogP contribution in [0, 0.1) is 0 Å². The first-order valence-corrected chi connectivity index (χ1v) is 50.4. The third-order valence-electron chi connectivity index (χ3n) is 16.2. The third kappa shape index (κ3) is 101. The second-order valence-corrected chi connectivity index (χ2v) is 41.4. The van der Waals surface area contributed by atoms with Crippen molar-refractivity contribution in [1.29, 1.82) is 0 Å². The van der Waals surface area contributed by atoms with E-state index in [1.54, 1.807) is 0 Å². The Labute approximate surface area is 583 Å². The van der Waals surface area contributed by atoms with E-state index >= 15 is 0 Å². The van der Waals surface area contributed by atoms with Crippen molar-refractivity contribution in [3.8, 4) is 0 Å². The number of rotatable bonds is 60. The quantitative estimate of drug-likeness (QED) is 0.0314. The molecule has 0 atom stereocenters. The van der Waals surface area contributed by atoms with Gasteiger partial charge in [-0.3, -0.25) is 0 Å². The average molecular weight is 1500 g/mol. The molecule has 0 aliphatic rings. The van der Waals surface area contributed by atoms with Crippen LogP contribution < -0.4 is 29.4 Å². The van der Waals surface area contributed by atoms with Gasteiger partial charge in [0.2, 0.25) is 0 Å². The van der Waals surface area contributed by atoms with Crippen LogP contribution in [0.25, 0.3) is 0 Å². The molecule has 0 aromatic rings. The molecule has 19 heteroatoms. The van der Waals surface area contributed by atoms with Crippen molar-refractivity contribution in [2.45, 2.75) is 391 Å². The predicted octanol–water partition coefficient (Wildman–Crippen LogP) is 22.7. The first kappa shape index (κ1) is 106. The molecular formula is C72H156MoO12P6. The van der Waals surface area contributed by atoms with Crippen LogP contribution in [0.5, 0.6) is 0 Å². The molecule has 0 saturated carbocycles. The van der Waals surface area contributed by atoms with Crippen LogP contribution in [-0.2, 0) is 48.5 Å². The van der Waals surface area contributed by atoms with E-state index in [0.717, 1.165) is 231 Å². The van der Waals surface area contributed by atoms with E-state index in [0.29, 0.717) is 73.9 Å². The molecule has 0 aliphatic heterocycles. The molecule has 0 radical (unpaired) electrons. The fourth-order valence-electron chi connectivity index (χ4n) is 10.0. The van der Waals surface area contributed by atoms with Gasteiger partial charge in [0.25, 0.3) is 0 Å². The Bertz CT molecular complexity index is 1300. The first-order chi connectivity index (χ1) is 42.7. The van der Waals surface area contributed by atoms with Gasteiger partial charge in [-0.1, -0.05) is 314 Å². The maximum atomic E-state index is 11.6. The normalized spacial score (nSPS) is 11.8. The molecule has 0 amide bonds. The molecule has 12 nitrogen and oxygen atoms in total. The van der Waals surface area contributed by atoms with Crippen LogP contribution >= 0.6 is 44.2 Å². The van der Waals surface area contributed by atoms with Crippen LogP contribution in [0.15, 0.2) is 0 Å². The summed E-state index contributed by atoms with van der Waals surface area (Å²) >= 11 is 0. The number of hydrogen-bond acceptors (Lipinski definition) is 12. The van der Waals surface area contributed by atoms with Gasteiger partial charge in [-0.15, -0.1) is 0 Å². The SMILES string of the molecule is CCCCCCP(=O)([O-])CCCCCC.CCCCCCP(=O)([O-])CCCCCC.CCCCCCP(=O)([O-])CCCCCC.CCCCCCP(=O)([O-])CCCCCC.CCCCCCP(=O)([O-])CCCCCC.CCCCCCP(=O)([O-])CCCCCC.[Mo+6]. The van der Waals surface area contributed by atoms with Gasteiger partial charge >= 0.3 is 21.1 Å². The Morgan fingerprint density at radius 3 is 0.264 bits per heavy atom. The standard InChI is InChI=1S/6C12H27O2P.Mo/c6*1-3-5-7-9-11-15(13,14)12-10-8-6-4-2;/h6*3-12H2,1-2H3,(H,13,14);/q;;;;;;+6/p-6. The molecule has 0 aromatic carbocycles. The predicted molar refractivity (Wildman–Crippen MR) is 394 cm³/mol. The van der Waals surface area contributed by atoms with Crippen molar-refractivity contribution in [2.75, 3.05) is 73.9 Å². The summed E-state index contributed by atoms with van der Waals surface area (Å²) in [7, 11) is -18.1. The van der Waals surface area contributed by atoms with E-state index in [1.807, 2.05) is 0 Å². The number of hydrogen-bond donors (Lipinski definition) is 0. The van der Waals surface area contributed by atoms with Crippen LogP contribution in [0.3, 0.4) is 0 Å². The zero-order chi connectivity index (χ0) is 69.4. The summed E-state index contributed by atoms with van der Waals surface area (Å²) in [4.78, 5) is 69.5. The van der Waals surface area contributed by atoms with E-state index in [-0.39, 0.29) is 21.1 Å². The van der Waals surface area contributed by atoms with E-state index < -0.39 is 44.2 Å². The molecule has 0 unspecified atom stereocenters. The van der Waals surface area contributed by atoms with E-state index in [1.165, 1.54) is 77.0 Å². The second-order valence-electron chi connectivity index (χ2n) is 26.3. The topological polar surface area (TPSA) is 241 Å². The van der Waals surface area contributed by atoms with Crippen LogP contribution in [0.2, 0.25) is 0 Å². The van der Waals surface area contributed by atoms with Gasteiger partial charge in [0.15, 0.2) is 0 Å². The molecule has 0 aromatic heterocycles. The van der Waals surface area contributed by atoms with Crippen molar-refractivity contribution in [3.63, 3.8) is 0 Å². The Balaban J connectivity index is -0.000000186. The largest absolute Gasteiger partial charge is 6.00 e. The maximum Gasteiger partial charge on any atom is 6.00 e. The smallest absolute Gasteiger partial charge is 0.799 e. The van der Waals surface area contributed by atoms with Crippen molar-refractivity contribution in [2.24, 2.45) is 0 Å². The van der Waals surface area contributed by atoms with Crippen molar-refractivity contribution >= 4 is 44.2 Å². The summed E-state index contributed by atoms with van der Waals surface area (Å²) in [5.74, 6) is 0. The van der Waals surface area contributed by atoms with Crippen LogP contribution in [-0.4, -0.2) is 73.9 Å². The van der Waals surface area contributed by atoms with Gasteiger partial charge < -0.3 is 56.8 Å². The molecule has 0 spiro atoms. The van der Waals surface area contributed by atoms with Crippen molar-refractivity contribution in [3.05, 3.63) is 0 Å². The molecule has 0 fully saturated rings. The molecule has 91 heavy (non-hydrogen) atoms. The minimum Gasteiger partial charge on any atom is -0.799 e. The molecule has 0 saturated heterocycles. The Morgan fingerprint density at radius 1 is 0.143 bits per heavy atom. The van der Waals surface area contributed by atoms with Gasteiger partial charge in [-0.05, 0) is 151 Å². The first-order valence-electron chi connectivity index (χ1n) is 38.5. The second kappa shape index (κ2) is 79.2. The van der Waals surface area contributed by atoms with Gasteiger partial charge in [0.05, 0.1) is 0 Å². The number of unbranched alkanes of at least 4 members (excludes halogenated alkanes) is 36. The molecule has 0 bridgehead atoms. The summed E-state index contributed by atoms with van der Waals surface area (Å²) in [5.41, 5.74) is 0. The summed E-state index contributed by atoms with van der Waals surface area (Å²) in [6.45, 7) is 25.7. The van der Waals surface area contributed by atoms with E-state index in [4.69, 9.17) is 0 Å². The zero-order valence-electron chi connectivity index (χ0n) is 62.4. The fraction of sp³-hybridized carbons (Fsp3) is 1.00. The summed E-state index contributed by atoms with van der Waals surface area (Å²) < 4.78 is 69.5. The average Bonchev–Trinajstić information content (AvgIpc) is 3.61. The van der Waals surface area contributed by atoms with Crippen LogP contribution in [0.1, 0.15) is 391 Å². The third-order valence-corrected chi connectivity index (χ3v) is 28.2. The Hall–Kier alpha value is 1.83. The minimum absolute atomic E-state index is 0. The zero-order valence-corrected chi connectivity index (χ0v) is 69.8. The van der Waals surface area contributed by atoms with Gasteiger partial charge in [0, 0.05) is 44.2 Å². The fourth-order valence-corrected chi connectivity index (χ4v) is 19.8. The molecule has 552 valence electrons. The van der Waals surface area contributed by atoms with E-state index in [2.05, 4.69) is 83.1 Å². The minimum atomic E-state index is -3.02. The Morgan fingerprint density at radius 2 is 0.209 bits per heavy atom. The van der Waals surface area contributed by atoms with Crippen LogP contribution in [0.4, 0.5) is 0 Å². The van der Waals surface area contributed by atoms with Gasteiger partial charge in [0.1, 0.15) is 0 Å². The molecule has 0 heterocycles. The van der Waals surface area contributed by atoms with Gasteiger partial charge in [-0.25, -0.2) is 0 Å².